The molecule has 19 heavy (non-hydrogen) atoms. The highest BCUT2D eigenvalue weighted by Gasteiger charge is 2.21. The van der Waals surface area contributed by atoms with Crippen LogP contribution in [-0.2, 0) is 16.1 Å². The number of hydrogen-bond acceptors (Lipinski definition) is 4. The summed E-state index contributed by atoms with van der Waals surface area (Å²) in [6.07, 6.45) is 3.51. The van der Waals surface area contributed by atoms with Gasteiger partial charge in [0.2, 0.25) is 0 Å². The zero-order valence-electron chi connectivity index (χ0n) is 11.2. The van der Waals surface area contributed by atoms with Crippen LogP contribution < -0.4 is 0 Å². The van der Waals surface area contributed by atoms with E-state index in [0.29, 0.717) is 13.2 Å². The van der Waals surface area contributed by atoms with Crippen LogP contribution >= 0.6 is 15.9 Å². The minimum absolute atomic E-state index is 0.173. The summed E-state index contributed by atoms with van der Waals surface area (Å²) < 4.78 is 7.97. The molecule has 0 radical (unpaired) electrons. The fraction of sp³-hybridized carbons (Fsp3) is 0.462. The molecule has 2 rings (SSSR count). The maximum atomic E-state index is 10.9. The molecule has 6 heteroatoms. The van der Waals surface area contributed by atoms with Crippen molar-refractivity contribution in [3.05, 3.63) is 23.1 Å². The summed E-state index contributed by atoms with van der Waals surface area (Å²) in [6, 6.07) is 1.93. The van der Waals surface area contributed by atoms with Gasteiger partial charge in [0, 0.05) is 29.6 Å². The van der Waals surface area contributed by atoms with E-state index in [4.69, 9.17) is 4.74 Å². The molecular formula is C13H16BrN3O2. The summed E-state index contributed by atoms with van der Waals surface area (Å²) in [5.41, 5.74) is 1.50. The molecule has 0 saturated heterocycles. The van der Waals surface area contributed by atoms with Crippen LogP contribution in [0.5, 0.6) is 0 Å². The highest BCUT2D eigenvalue weighted by molar-refractivity contribution is 9.10. The van der Waals surface area contributed by atoms with Crippen LogP contribution in [0.25, 0.3) is 11.2 Å². The number of esters is 1. The Kier molecular flexibility index (Phi) is 3.89. The molecule has 0 N–H and O–H groups in total. The average molecular weight is 326 g/mol. The van der Waals surface area contributed by atoms with Crippen molar-refractivity contribution in [1.29, 1.82) is 0 Å². The molecule has 5 nitrogen and oxygen atoms in total. The first-order valence-corrected chi connectivity index (χ1v) is 6.76. The van der Waals surface area contributed by atoms with Gasteiger partial charge in [-0.1, -0.05) is 13.8 Å². The topological polar surface area (TPSA) is 57.0 Å². The quantitative estimate of drug-likeness (QED) is 0.811. The lowest BCUT2D eigenvalue weighted by atomic mass is 9.95. The first-order chi connectivity index (χ1) is 8.87. The van der Waals surface area contributed by atoms with Crippen molar-refractivity contribution in [1.82, 2.24) is 14.5 Å². The van der Waals surface area contributed by atoms with Crippen LogP contribution in [-0.4, -0.2) is 27.1 Å². The Morgan fingerprint density at radius 1 is 1.47 bits per heavy atom. The second kappa shape index (κ2) is 5.28. The normalized spacial score (nSPS) is 11.8. The van der Waals surface area contributed by atoms with Gasteiger partial charge in [0.15, 0.2) is 5.65 Å². The van der Waals surface area contributed by atoms with E-state index < -0.39 is 0 Å². The maximum Gasteiger partial charge on any atom is 0.302 e. The smallest absolute Gasteiger partial charge is 0.302 e. The molecule has 0 aliphatic rings. The summed E-state index contributed by atoms with van der Waals surface area (Å²) in [6.45, 7) is 6.56. The van der Waals surface area contributed by atoms with E-state index >= 15 is 0 Å². The molecule has 0 aliphatic heterocycles. The van der Waals surface area contributed by atoms with Gasteiger partial charge in [-0.3, -0.25) is 4.79 Å². The Hall–Kier alpha value is -1.43. The molecule has 0 atom stereocenters. The highest BCUT2D eigenvalue weighted by Crippen LogP contribution is 2.22. The van der Waals surface area contributed by atoms with Crippen LogP contribution in [0, 0.1) is 5.41 Å². The number of imidazole rings is 1. The number of ether oxygens (including phenoxy) is 1. The summed E-state index contributed by atoms with van der Waals surface area (Å²) in [5, 5.41) is 0. The van der Waals surface area contributed by atoms with E-state index in [1.54, 1.807) is 12.5 Å². The van der Waals surface area contributed by atoms with Gasteiger partial charge in [-0.2, -0.15) is 0 Å². The molecule has 0 bridgehead atoms. The van der Waals surface area contributed by atoms with Crippen LogP contribution in [0.4, 0.5) is 0 Å². The first-order valence-electron chi connectivity index (χ1n) is 5.97. The molecule has 0 amide bonds. The number of hydrogen-bond donors (Lipinski definition) is 0. The molecule has 2 aromatic heterocycles. The van der Waals surface area contributed by atoms with E-state index in [1.807, 2.05) is 24.5 Å². The lowest BCUT2D eigenvalue weighted by Gasteiger charge is -2.24. The van der Waals surface area contributed by atoms with E-state index in [1.165, 1.54) is 6.92 Å². The Morgan fingerprint density at radius 3 is 2.89 bits per heavy atom. The minimum Gasteiger partial charge on any atom is -0.465 e. The second-order valence-corrected chi connectivity index (χ2v) is 6.23. The van der Waals surface area contributed by atoms with Gasteiger partial charge in [0.25, 0.3) is 0 Å². The number of rotatable bonds is 4. The van der Waals surface area contributed by atoms with Gasteiger partial charge < -0.3 is 9.30 Å². The zero-order chi connectivity index (χ0) is 14.0. The Morgan fingerprint density at radius 2 is 2.21 bits per heavy atom. The summed E-state index contributed by atoms with van der Waals surface area (Å²) >= 11 is 3.37. The number of aromatic nitrogens is 3. The first kappa shape index (κ1) is 14.0. The highest BCUT2D eigenvalue weighted by atomic mass is 79.9. The third-order valence-electron chi connectivity index (χ3n) is 2.69. The Labute approximate surface area is 120 Å². The lowest BCUT2D eigenvalue weighted by molar-refractivity contribution is -0.144. The molecule has 102 valence electrons. The van der Waals surface area contributed by atoms with Gasteiger partial charge in [0.05, 0.1) is 12.9 Å². The lowest BCUT2D eigenvalue weighted by Crippen LogP contribution is -2.26. The molecule has 0 aliphatic carbocycles. The van der Waals surface area contributed by atoms with Gasteiger partial charge in [-0.15, -0.1) is 0 Å². The minimum atomic E-state index is -0.259. The van der Waals surface area contributed by atoms with Crippen molar-refractivity contribution in [2.75, 3.05) is 6.61 Å². The SMILES string of the molecule is CC(=O)OCC(C)(C)Cn1cnc2cc(Br)cnc21. The predicted molar refractivity (Wildman–Crippen MR) is 75.6 cm³/mol. The number of carbonyl (C=O) groups is 1. The average Bonchev–Trinajstić information content (AvgIpc) is 2.68. The molecule has 0 unspecified atom stereocenters. The Bertz CT molecular complexity index is 607. The molecular weight excluding hydrogens is 310 g/mol. The maximum absolute atomic E-state index is 10.9. The van der Waals surface area contributed by atoms with Crippen molar-refractivity contribution >= 4 is 33.1 Å². The van der Waals surface area contributed by atoms with Crippen LogP contribution in [0.3, 0.4) is 0 Å². The summed E-state index contributed by atoms with van der Waals surface area (Å²) in [7, 11) is 0. The fourth-order valence-electron chi connectivity index (χ4n) is 1.84. The standard InChI is InChI=1S/C13H16BrN3O2/c1-9(18)19-7-13(2,3)6-17-8-16-11-4-10(14)5-15-12(11)17/h4-5,8H,6-7H2,1-3H3. The number of halogens is 1. The molecule has 0 spiro atoms. The Balaban J connectivity index is 2.18. The zero-order valence-corrected chi connectivity index (χ0v) is 12.8. The molecule has 2 heterocycles. The van der Waals surface area contributed by atoms with Gasteiger partial charge in [-0.25, -0.2) is 9.97 Å². The van der Waals surface area contributed by atoms with Crippen molar-refractivity contribution < 1.29 is 9.53 Å². The number of pyridine rings is 1. The van der Waals surface area contributed by atoms with Gasteiger partial charge in [0.1, 0.15) is 5.52 Å². The monoisotopic (exact) mass is 325 g/mol. The second-order valence-electron chi connectivity index (χ2n) is 5.31. The summed E-state index contributed by atoms with van der Waals surface area (Å²) in [5.74, 6) is -0.259. The summed E-state index contributed by atoms with van der Waals surface area (Å²) in [4.78, 5) is 19.6. The van der Waals surface area contributed by atoms with Crippen LogP contribution in [0.2, 0.25) is 0 Å². The molecule has 0 fully saturated rings. The van der Waals surface area contributed by atoms with E-state index in [0.717, 1.165) is 15.6 Å². The third-order valence-corrected chi connectivity index (χ3v) is 3.12. The molecule has 0 aromatic carbocycles. The van der Waals surface area contributed by atoms with Crippen molar-refractivity contribution in [3.8, 4) is 0 Å². The number of nitrogens with zero attached hydrogens (tertiary/aromatic N) is 3. The molecule has 0 saturated carbocycles. The van der Waals surface area contributed by atoms with Crippen molar-refractivity contribution in [3.63, 3.8) is 0 Å². The number of fused-ring (bicyclic) bond motifs is 1. The molecule has 2 aromatic rings. The van der Waals surface area contributed by atoms with Crippen molar-refractivity contribution in [2.24, 2.45) is 5.41 Å². The van der Waals surface area contributed by atoms with E-state index in [9.17, 15) is 4.79 Å². The van der Waals surface area contributed by atoms with E-state index in [2.05, 4.69) is 25.9 Å². The van der Waals surface area contributed by atoms with Crippen LogP contribution in [0.15, 0.2) is 23.1 Å². The fourth-order valence-corrected chi connectivity index (χ4v) is 2.16. The predicted octanol–water partition coefficient (Wildman–Crippen LogP) is 2.78. The third kappa shape index (κ3) is 3.53. The van der Waals surface area contributed by atoms with Crippen molar-refractivity contribution in [2.45, 2.75) is 27.3 Å². The van der Waals surface area contributed by atoms with E-state index in [-0.39, 0.29) is 11.4 Å². The van der Waals surface area contributed by atoms with Gasteiger partial charge in [-0.05, 0) is 22.0 Å². The number of carbonyl (C=O) groups excluding carboxylic acids is 1. The van der Waals surface area contributed by atoms with Gasteiger partial charge >= 0.3 is 5.97 Å². The van der Waals surface area contributed by atoms with Crippen LogP contribution in [0.1, 0.15) is 20.8 Å². The largest absolute Gasteiger partial charge is 0.465 e.